The van der Waals surface area contributed by atoms with Crippen LogP contribution in [-0.4, -0.2) is 53.1 Å². The number of nitrogens with zero attached hydrogens (tertiary/aromatic N) is 2. The minimum absolute atomic E-state index is 0.165. The zero-order valence-corrected chi connectivity index (χ0v) is 20.5. The minimum Gasteiger partial charge on any atom is -0.492 e. The number of carbonyl (C=O) groups is 3. The number of piperidine rings is 1. The van der Waals surface area contributed by atoms with Crippen LogP contribution in [0.3, 0.4) is 0 Å². The van der Waals surface area contributed by atoms with Gasteiger partial charge in [-0.1, -0.05) is 0 Å². The number of hydrogen-bond donors (Lipinski definition) is 0. The van der Waals surface area contributed by atoms with Crippen molar-refractivity contribution >= 4 is 80.1 Å². The second-order valence-electron chi connectivity index (χ2n) is 6.45. The lowest BCUT2D eigenvalue weighted by atomic mass is 10.1. The highest BCUT2D eigenvalue weighted by atomic mass is 127. The number of ether oxygens (including phenoxy) is 1. The van der Waals surface area contributed by atoms with E-state index in [0.717, 1.165) is 48.6 Å². The van der Waals surface area contributed by atoms with Crippen LogP contribution in [-0.2, 0) is 9.59 Å². The minimum atomic E-state index is -0.420. The molecule has 0 bridgehead atoms. The second kappa shape index (κ2) is 9.79. The van der Waals surface area contributed by atoms with Crippen molar-refractivity contribution in [3.63, 3.8) is 0 Å². The molecule has 0 unspecified atom stereocenters. The molecule has 0 atom stereocenters. The van der Waals surface area contributed by atoms with E-state index in [0.29, 0.717) is 30.4 Å². The Morgan fingerprint density at radius 2 is 1.93 bits per heavy atom. The van der Waals surface area contributed by atoms with E-state index >= 15 is 0 Å². The Hall–Kier alpha value is -0.820. The van der Waals surface area contributed by atoms with Crippen LogP contribution in [0.1, 0.15) is 31.7 Å². The fourth-order valence-electron chi connectivity index (χ4n) is 3.14. The van der Waals surface area contributed by atoms with E-state index in [1.165, 1.54) is 0 Å². The average Bonchev–Trinajstić information content (AvgIpc) is 2.92. The SMILES string of the molecule is CCOc1c(I)cc(I)cc1/C=C1/SC(=O)N(CC(=O)N2CCCCC2)C1=O. The van der Waals surface area contributed by atoms with Gasteiger partial charge >= 0.3 is 0 Å². The number of benzene rings is 1. The van der Waals surface area contributed by atoms with E-state index < -0.39 is 11.1 Å². The fraction of sp³-hybridized carbons (Fsp3) is 0.421. The molecule has 0 saturated carbocycles. The van der Waals surface area contributed by atoms with Crippen molar-refractivity contribution in [2.45, 2.75) is 26.2 Å². The largest absolute Gasteiger partial charge is 0.492 e. The molecule has 0 N–H and O–H groups in total. The molecule has 2 heterocycles. The van der Waals surface area contributed by atoms with Crippen LogP contribution in [0.25, 0.3) is 6.08 Å². The first-order valence-corrected chi connectivity index (χ1v) is 12.0. The van der Waals surface area contributed by atoms with Gasteiger partial charge in [0.1, 0.15) is 12.3 Å². The summed E-state index contributed by atoms with van der Waals surface area (Å²) in [5, 5.41) is -0.403. The van der Waals surface area contributed by atoms with Crippen molar-refractivity contribution < 1.29 is 19.1 Å². The third kappa shape index (κ3) is 5.02. The Bertz CT molecular complexity index is 837. The molecule has 1 aromatic carbocycles. The van der Waals surface area contributed by atoms with Gasteiger partial charge in [-0.05, 0) is 101 Å². The Balaban J connectivity index is 1.80. The molecule has 0 aliphatic carbocycles. The second-order valence-corrected chi connectivity index (χ2v) is 9.85. The molecule has 6 nitrogen and oxygen atoms in total. The van der Waals surface area contributed by atoms with E-state index in [4.69, 9.17) is 4.74 Å². The highest BCUT2D eigenvalue weighted by molar-refractivity contribution is 14.1. The molecular weight excluding hydrogens is 606 g/mol. The molecule has 3 rings (SSSR count). The molecule has 9 heteroatoms. The first-order valence-electron chi connectivity index (χ1n) is 9.05. The lowest BCUT2D eigenvalue weighted by molar-refractivity contribution is -0.136. The maximum atomic E-state index is 12.8. The maximum Gasteiger partial charge on any atom is 0.294 e. The van der Waals surface area contributed by atoms with Crippen LogP contribution in [0.5, 0.6) is 5.75 Å². The smallest absolute Gasteiger partial charge is 0.294 e. The summed E-state index contributed by atoms with van der Waals surface area (Å²) < 4.78 is 7.68. The number of hydrogen-bond acceptors (Lipinski definition) is 5. The van der Waals surface area contributed by atoms with Crippen molar-refractivity contribution in [1.29, 1.82) is 0 Å². The van der Waals surface area contributed by atoms with Gasteiger partial charge in [-0.3, -0.25) is 19.3 Å². The van der Waals surface area contributed by atoms with Gasteiger partial charge in [0.25, 0.3) is 11.1 Å². The summed E-state index contributed by atoms with van der Waals surface area (Å²) >= 11 is 5.28. The van der Waals surface area contributed by atoms with E-state index in [9.17, 15) is 14.4 Å². The van der Waals surface area contributed by atoms with Crippen molar-refractivity contribution in [2.24, 2.45) is 0 Å². The van der Waals surface area contributed by atoms with Gasteiger partial charge < -0.3 is 9.64 Å². The quantitative estimate of drug-likeness (QED) is 0.360. The Morgan fingerprint density at radius 1 is 1.21 bits per heavy atom. The zero-order chi connectivity index (χ0) is 20.3. The Kier molecular flexibility index (Phi) is 7.65. The standard InChI is InChI=1S/C19H20I2N2O4S/c1-2-27-17-12(8-13(20)10-14(17)21)9-15-18(25)23(19(26)28-15)11-16(24)22-6-4-3-5-7-22/h8-10H,2-7,11H2,1H3/b15-9+. The number of carbonyl (C=O) groups excluding carboxylic acids is 3. The Morgan fingerprint density at radius 3 is 2.61 bits per heavy atom. The van der Waals surface area contributed by atoms with E-state index in [1.807, 2.05) is 19.1 Å². The average molecular weight is 626 g/mol. The summed E-state index contributed by atoms with van der Waals surface area (Å²) in [4.78, 5) is 40.7. The maximum absolute atomic E-state index is 12.8. The normalized spacial score (nSPS) is 18.9. The molecule has 28 heavy (non-hydrogen) atoms. The van der Waals surface area contributed by atoms with Crippen LogP contribution in [0, 0.1) is 7.14 Å². The van der Waals surface area contributed by atoms with Crippen LogP contribution in [0.4, 0.5) is 4.79 Å². The third-order valence-electron chi connectivity index (χ3n) is 4.49. The fourth-order valence-corrected chi connectivity index (χ4v) is 6.01. The molecule has 0 spiro atoms. The molecule has 2 saturated heterocycles. The van der Waals surface area contributed by atoms with Crippen molar-refractivity contribution in [2.75, 3.05) is 26.2 Å². The first-order chi connectivity index (χ1) is 13.4. The molecule has 3 amide bonds. The molecule has 0 radical (unpaired) electrons. The summed E-state index contributed by atoms with van der Waals surface area (Å²) in [5.41, 5.74) is 0.756. The lowest BCUT2D eigenvalue weighted by Gasteiger charge is -2.27. The van der Waals surface area contributed by atoms with Gasteiger partial charge in [0.15, 0.2) is 0 Å². The molecule has 1 aromatic rings. The van der Waals surface area contributed by atoms with Gasteiger partial charge in [0.05, 0.1) is 15.1 Å². The van der Waals surface area contributed by atoms with E-state index in [-0.39, 0.29) is 12.5 Å². The van der Waals surface area contributed by atoms with Gasteiger partial charge in [0, 0.05) is 22.2 Å². The number of rotatable bonds is 5. The van der Waals surface area contributed by atoms with Gasteiger partial charge in [-0.2, -0.15) is 0 Å². The summed E-state index contributed by atoms with van der Waals surface area (Å²) in [7, 11) is 0. The third-order valence-corrected chi connectivity index (χ3v) is 6.82. The number of amides is 3. The first kappa shape index (κ1) is 21.9. The summed E-state index contributed by atoms with van der Waals surface area (Å²) in [6.45, 7) is 3.61. The molecular formula is C19H20I2N2O4S. The summed E-state index contributed by atoms with van der Waals surface area (Å²) in [6, 6.07) is 3.91. The van der Waals surface area contributed by atoms with Crippen LogP contribution < -0.4 is 4.74 Å². The van der Waals surface area contributed by atoms with Crippen LogP contribution >= 0.6 is 56.9 Å². The summed E-state index contributed by atoms with van der Waals surface area (Å²) in [6.07, 6.45) is 4.74. The van der Waals surface area contributed by atoms with Crippen molar-refractivity contribution in [3.8, 4) is 5.75 Å². The molecule has 0 aromatic heterocycles. The monoisotopic (exact) mass is 626 g/mol. The van der Waals surface area contributed by atoms with Crippen LogP contribution in [0.2, 0.25) is 0 Å². The van der Waals surface area contributed by atoms with Crippen molar-refractivity contribution in [3.05, 3.63) is 29.7 Å². The Labute approximate surface area is 195 Å². The van der Waals surface area contributed by atoms with Gasteiger partial charge in [-0.15, -0.1) is 0 Å². The van der Waals surface area contributed by atoms with Gasteiger partial charge in [-0.25, -0.2) is 0 Å². The lowest BCUT2D eigenvalue weighted by Crippen LogP contribution is -2.44. The van der Waals surface area contributed by atoms with E-state index in [2.05, 4.69) is 45.2 Å². The zero-order valence-electron chi connectivity index (χ0n) is 15.4. The molecule has 2 aliphatic rings. The predicted molar refractivity (Wildman–Crippen MR) is 126 cm³/mol. The van der Waals surface area contributed by atoms with E-state index in [1.54, 1.807) is 11.0 Å². The highest BCUT2D eigenvalue weighted by Gasteiger charge is 2.37. The van der Waals surface area contributed by atoms with Gasteiger partial charge in [0.2, 0.25) is 5.91 Å². The number of thioether (sulfide) groups is 1. The van der Waals surface area contributed by atoms with Crippen LogP contribution in [0.15, 0.2) is 17.0 Å². The van der Waals surface area contributed by atoms with Crippen molar-refractivity contribution in [1.82, 2.24) is 9.80 Å². The molecule has 150 valence electrons. The number of likely N-dealkylation sites (tertiary alicyclic amines) is 1. The molecule has 2 fully saturated rings. The number of imide groups is 1. The predicted octanol–water partition coefficient (Wildman–Crippen LogP) is 4.34. The topological polar surface area (TPSA) is 66.9 Å². The molecule has 2 aliphatic heterocycles. The summed E-state index contributed by atoms with van der Waals surface area (Å²) in [5.74, 6) is 0.110. The highest BCUT2D eigenvalue weighted by Crippen LogP contribution is 2.36. The number of halogens is 2.